The molecule has 0 radical (unpaired) electrons. The second-order valence-corrected chi connectivity index (χ2v) is 8.24. The van der Waals surface area contributed by atoms with Crippen LogP contribution in [0.5, 0.6) is 11.5 Å². The van der Waals surface area contributed by atoms with E-state index >= 15 is 0 Å². The van der Waals surface area contributed by atoms with Crippen molar-refractivity contribution in [2.45, 2.75) is 6.92 Å². The van der Waals surface area contributed by atoms with E-state index in [9.17, 15) is 14.4 Å². The number of nitrogens with zero attached hydrogens (tertiary/aromatic N) is 1. The third-order valence-electron chi connectivity index (χ3n) is 5.39. The molecule has 2 N–H and O–H groups in total. The molecule has 0 atom stereocenters. The molecule has 9 heteroatoms. The van der Waals surface area contributed by atoms with E-state index in [-0.39, 0.29) is 23.2 Å². The Morgan fingerprint density at radius 2 is 1.75 bits per heavy atom. The van der Waals surface area contributed by atoms with Gasteiger partial charge < -0.3 is 14.8 Å². The average Bonchev–Trinajstić information content (AvgIpc) is 2.87. The number of thiocarbonyl (C=S) groups is 1. The van der Waals surface area contributed by atoms with Gasteiger partial charge in [0, 0.05) is 5.69 Å². The van der Waals surface area contributed by atoms with E-state index in [1.807, 2.05) is 37.3 Å². The molecule has 0 aliphatic carbocycles. The van der Waals surface area contributed by atoms with Crippen LogP contribution >= 0.6 is 12.2 Å². The molecule has 1 heterocycles. The Balaban J connectivity index is 1.51. The van der Waals surface area contributed by atoms with Crippen LogP contribution in [0, 0.1) is 6.92 Å². The maximum atomic E-state index is 13.1. The van der Waals surface area contributed by atoms with Gasteiger partial charge in [-0.1, -0.05) is 42.5 Å². The average molecular weight is 502 g/mol. The number of carbonyl (C=O) groups excluding carboxylic acids is 3. The summed E-state index contributed by atoms with van der Waals surface area (Å²) in [6.45, 7) is 1.67. The minimum absolute atomic E-state index is 0.0126. The summed E-state index contributed by atoms with van der Waals surface area (Å²) in [6.07, 6.45) is 1.45. The van der Waals surface area contributed by atoms with Crippen molar-refractivity contribution in [3.63, 3.8) is 0 Å². The number of carbonyl (C=O) groups is 3. The highest BCUT2D eigenvalue weighted by Gasteiger charge is 2.34. The summed E-state index contributed by atoms with van der Waals surface area (Å²) in [5.74, 6) is -0.774. The normalized spacial score (nSPS) is 14.4. The first-order chi connectivity index (χ1) is 17.4. The fraction of sp³-hybridized carbons (Fsp3) is 0.111. The fourth-order valence-corrected chi connectivity index (χ4v) is 3.85. The number of rotatable bonds is 7. The first kappa shape index (κ1) is 24.6. The van der Waals surface area contributed by atoms with E-state index in [1.165, 1.54) is 18.1 Å². The monoisotopic (exact) mass is 501 g/mol. The van der Waals surface area contributed by atoms with Gasteiger partial charge in [0.05, 0.1) is 12.8 Å². The lowest BCUT2D eigenvalue weighted by molar-refractivity contribution is -0.122. The van der Waals surface area contributed by atoms with Crippen molar-refractivity contribution in [3.8, 4) is 11.5 Å². The number of methoxy groups -OCH3 is 1. The maximum Gasteiger partial charge on any atom is 0.270 e. The molecule has 8 nitrogen and oxygen atoms in total. The number of amides is 3. The molecule has 182 valence electrons. The van der Waals surface area contributed by atoms with Gasteiger partial charge in [0.2, 0.25) is 0 Å². The van der Waals surface area contributed by atoms with E-state index in [4.69, 9.17) is 21.7 Å². The number of benzene rings is 3. The van der Waals surface area contributed by atoms with Crippen LogP contribution < -0.4 is 25.0 Å². The molecule has 3 amide bonds. The largest absolute Gasteiger partial charge is 0.493 e. The number of anilines is 2. The molecular weight excluding hydrogens is 478 g/mol. The van der Waals surface area contributed by atoms with Crippen molar-refractivity contribution in [2.75, 3.05) is 23.9 Å². The number of nitrogens with one attached hydrogen (secondary N) is 2. The molecule has 1 fully saturated rings. The summed E-state index contributed by atoms with van der Waals surface area (Å²) in [5, 5.41) is 5.37. The molecule has 0 bridgehead atoms. The van der Waals surface area contributed by atoms with Gasteiger partial charge in [0.15, 0.2) is 23.2 Å². The van der Waals surface area contributed by atoms with Crippen molar-refractivity contribution in [2.24, 2.45) is 0 Å². The van der Waals surface area contributed by atoms with Gasteiger partial charge >= 0.3 is 0 Å². The minimum atomic E-state index is -0.593. The predicted octanol–water partition coefficient (Wildman–Crippen LogP) is 3.85. The van der Waals surface area contributed by atoms with Crippen molar-refractivity contribution < 1.29 is 23.9 Å². The number of ether oxygens (including phenoxy) is 2. The van der Waals surface area contributed by atoms with Gasteiger partial charge in [-0.25, -0.2) is 0 Å². The molecule has 0 saturated carbocycles. The zero-order valence-electron chi connectivity index (χ0n) is 19.6. The Kier molecular flexibility index (Phi) is 7.41. The van der Waals surface area contributed by atoms with Crippen LogP contribution in [0.25, 0.3) is 6.08 Å². The van der Waals surface area contributed by atoms with Crippen molar-refractivity contribution in [1.82, 2.24) is 5.32 Å². The van der Waals surface area contributed by atoms with E-state index < -0.39 is 11.8 Å². The van der Waals surface area contributed by atoms with Gasteiger partial charge in [-0.15, -0.1) is 0 Å². The van der Waals surface area contributed by atoms with Gasteiger partial charge in [-0.3, -0.25) is 24.6 Å². The highest BCUT2D eigenvalue weighted by Crippen LogP contribution is 2.30. The molecule has 4 rings (SSSR count). The van der Waals surface area contributed by atoms with E-state index in [0.717, 1.165) is 5.56 Å². The third kappa shape index (κ3) is 5.42. The van der Waals surface area contributed by atoms with Crippen LogP contribution in [0.4, 0.5) is 11.4 Å². The topological polar surface area (TPSA) is 97.0 Å². The summed E-state index contributed by atoms with van der Waals surface area (Å²) in [6, 6.07) is 21.1. The Hall–Kier alpha value is -4.50. The molecule has 0 unspecified atom stereocenters. The fourth-order valence-electron chi connectivity index (χ4n) is 3.57. The maximum absolute atomic E-state index is 13.1. The van der Waals surface area contributed by atoms with Crippen LogP contribution in [0.1, 0.15) is 11.1 Å². The minimum Gasteiger partial charge on any atom is -0.493 e. The zero-order chi connectivity index (χ0) is 25.7. The molecule has 1 aliphatic rings. The summed E-state index contributed by atoms with van der Waals surface area (Å²) < 4.78 is 11.1. The second-order valence-electron chi connectivity index (χ2n) is 7.86. The lowest BCUT2D eigenvalue weighted by Crippen LogP contribution is -2.54. The van der Waals surface area contributed by atoms with Crippen LogP contribution in [0.3, 0.4) is 0 Å². The first-order valence-corrected chi connectivity index (χ1v) is 11.4. The highest BCUT2D eigenvalue weighted by molar-refractivity contribution is 7.80. The molecular formula is C27H23N3O5S. The van der Waals surface area contributed by atoms with Crippen LogP contribution in [-0.2, 0) is 14.4 Å². The van der Waals surface area contributed by atoms with Gasteiger partial charge in [-0.2, -0.15) is 0 Å². The van der Waals surface area contributed by atoms with Gasteiger partial charge in [0.1, 0.15) is 5.57 Å². The van der Waals surface area contributed by atoms with Crippen molar-refractivity contribution in [1.29, 1.82) is 0 Å². The number of hydrogen-bond donors (Lipinski definition) is 2. The second kappa shape index (κ2) is 10.8. The van der Waals surface area contributed by atoms with E-state index in [2.05, 4.69) is 10.6 Å². The van der Waals surface area contributed by atoms with Crippen LogP contribution in [-0.4, -0.2) is 36.6 Å². The lowest BCUT2D eigenvalue weighted by Gasteiger charge is -2.28. The SMILES string of the molecule is COc1cc(/C=C2/C(=O)NC(=S)N(c3ccccc3)C2=O)ccc1OCC(=O)Nc1ccccc1C. The Bertz CT molecular complexity index is 1370. The Morgan fingerprint density at radius 3 is 2.47 bits per heavy atom. The Labute approximate surface area is 213 Å². The summed E-state index contributed by atoms with van der Waals surface area (Å²) in [4.78, 5) is 39.3. The zero-order valence-corrected chi connectivity index (χ0v) is 20.4. The standard InChI is InChI=1S/C27H23N3O5S/c1-17-8-6-7-11-21(17)28-24(31)16-35-22-13-12-18(15-23(22)34-2)14-20-25(32)29-27(36)30(26(20)33)19-9-4-3-5-10-19/h3-15H,16H2,1-2H3,(H,28,31)(H,29,32,36)/b20-14-. The molecule has 36 heavy (non-hydrogen) atoms. The van der Waals surface area contributed by atoms with Crippen molar-refractivity contribution in [3.05, 3.63) is 89.5 Å². The van der Waals surface area contributed by atoms with Crippen LogP contribution in [0.2, 0.25) is 0 Å². The Morgan fingerprint density at radius 1 is 1.03 bits per heavy atom. The molecule has 3 aromatic rings. The third-order valence-corrected chi connectivity index (χ3v) is 5.68. The van der Waals surface area contributed by atoms with Crippen LogP contribution in [0.15, 0.2) is 78.4 Å². The number of para-hydroxylation sites is 2. The van der Waals surface area contributed by atoms with E-state index in [1.54, 1.807) is 42.5 Å². The first-order valence-electron chi connectivity index (χ1n) is 11.0. The van der Waals surface area contributed by atoms with E-state index in [0.29, 0.717) is 28.4 Å². The number of hydrogen-bond acceptors (Lipinski definition) is 6. The predicted molar refractivity (Wildman–Crippen MR) is 141 cm³/mol. The van der Waals surface area contributed by atoms with Gasteiger partial charge in [-0.05, 0) is 66.7 Å². The molecule has 0 spiro atoms. The highest BCUT2D eigenvalue weighted by atomic mass is 32.1. The summed E-state index contributed by atoms with van der Waals surface area (Å²) in [5.41, 5.74) is 2.64. The number of aryl methyl sites for hydroxylation is 1. The molecule has 3 aromatic carbocycles. The summed E-state index contributed by atoms with van der Waals surface area (Å²) in [7, 11) is 1.46. The molecule has 1 aliphatic heterocycles. The van der Waals surface area contributed by atoms with Gasteiger partial charge in [0.25, 0.3) is 17.7 Å². The smallest absolute Gasteiger partial charge is 0.270 e. The lowest BCUT2D eigenvalue weighted by atomic mass is 10.1. The molecule has 1 saturated heterocycles. The summed E-state index contributed by atoms with van der Waals surface area (Å²) >= 11 is 5.21. The van der Waals surface area contributed by atoms with Crippen molar-refractivity contribution >= 4 is 52.5 Å². The molecule has 0 aromatic heterocycles. The quantitative estimate of drug-likeness (QED) is 0.290.